The summed E-state index contributed by atoms with van der Waals surface area (Å²) in [7, 11) is 0. The molecule has 1 atom stereocenters. The number of nitrogens with zero attached hydrogens (tertiary/aromatic N) is 1. The first-order valence-electron chi connectivity index (χ1n) is 5.08. The lowest BCUT2D eigenvalue weighted by molar-refractivity contribution is -0.139. The number of carboxylic acids is 1. The standard InChI is InChI=1S/C11H11N3O3/c15-11(16)10(13-14-17)5-7-6-12-9-4-2-1-3-8(7)9/h1-4,6,10,12H,5H2,(H,13,17)(H,15,16). The molecule has 1 heterocycles. The Morgan fingerprint density at radius 1 is 1.47 bits per heavy atom. The maximum atomic E-state index is 10.9. The number of aliphatic carboxylic acids is 1. The molecule has 17 heavy (non-hydrogen) atoms. The minimum Gasteiger partial charge on any atom is -0.480 e. The van der Waals surface area contributed by atoms with Gasteiger partial charge in [-0.3, -0.25) is 5.43 Å². The van der Waals surface area contributed by atoms with Gasteiger partial charge in [-0.25, -0.2) is 4.79 Å². The highest BCUT2D eigenvalue weighted by molar-refractivity contribution is 5.84. The van der Waals surface area contributed by atoms with E-state index in [4.69, 9.17) is 5.11 Å². The van der Waals surface area contributed by atoms with E-state index in [1.165, 1.54) is 0 Å². The number of aromatic nitrogens is 1. The van der Waals surface area contributed by atoms with Gasteiger partial charge in [0.05, 0.1) is 5.29 Å². The van der Waals surface area contributed by atoms with Gasteiger partial charge in [-0.2, -0.15) is 0 Å². The van der Waals surface area contributed by atoms with Crippen LogP contribution in [-0.4, -0.2) is 22.1 Å². The quantitative estimate of drug-likeness (QED) is 0.538. The van der Waals surface area contributed by atoms with Crippen molar-refractivity contribution in [2.24, 2.45) is 5.29 Å². The first-order valence-corrected chi connectivity index (χ1v) is 5.08. The van der Waals surface area contributed by atoms with Gasteiger partial charge in [0.15, 0.2) is 0 Å². The number of carbonyl (C=O) groups is 1. The average molecular weight is 233 g/mol. The van der Waals surface area contributed by atoms with E-state index in [0.717, 1.165) is 16.5 Å². The second-order valence-electron chi connectivity index (χ2n) is 3.67. The monoisotopic (exact) mass is 233 g/mol. The Morgan fingerprint density at radius 2 is 2.24 bits per heavy atom. The molecule has 0 aliphatic carbocycles. The third-order valence-electron chi connectivity index (χ3n) is 2.61. The van der Waals surface area contributed by atoms with Crippen molar-refractivity contribution >= 4 is 16.9 Å². The summed E-state index contributed by atoms with van der Waals surface area (Å²) in [5.74, 6) is -1.10. The zero-order valence-electron chi connectivity index (χ0n) is 8.88. The van der Waals surface area contributed by atoms with Gasteiger partial charge in [0.2, 0.25) is 0 Å². The normalized spacial score (nSPS) is 12.2. The van der Waals surface area contributed by atoms with Crippen molar-refractivity contribution in [3.8, 4) is 0 Å². The van der Waals surface area contributed by atoms with E-state index in [1.54, 1.807) is 6.20 Å². The van der Waals surface area contributed by atoms with Crippen molar-refractivity contribution in [2.45, 2.75) is 12.5 Å². The average Bonchev–Trinajstić information content (AvgIpc) is 2.72. The van der Waals surface area contributed by atoms with Crippen molar-refractivity contribution in [1.29, 1.82) is 0 Å². The molecule has 6 nitrogen and oxygen atoms in total. The fourth-order valence-corrected chi connectivity index (χ4v) is 1.77. The smallest absolute Gasteiger partial charge is 0.328 e. The van der Waals surface area contributed by atoms with Crippen LogP contribution in [0.15, 0.2) is 35.7 Å². The molecule has 0 radical (unpaired) electrons. The molecular formula is C11H11N3O3. The Morgan fingerprint density at radius 3 is 2.94 bits per heavy atom. The number of hydrogen-bond donors (Lipinski definition) is 3. The van der Waals surface area contributed by atoms with Gasteiger partial charge in [0, 0.05) is 23.5 Å². The molecule has 3 N–H and O–H groups in total. The summed E-state index contributed by atoms with van der Waals surface area (Å²) in [5.41, 5.74) is 3.81. The van der Waals surface area contributed by atoms with Gasteiger partial charge in [-0.05, 0) is 11.6 Å². The largest absolute Gasteiger partial charge is 0.480 e. The molecule has 0 aliphatic rings. The fourth-order valence-electron chi connectivity index (χ4n) is 1.77. The summed E-state index contributed by atoms with van der Waals surface area (Å²) in [6, 6.07) is 6.56. The summed E-state index contributed by atoms with van der Waals surface area (Å²) in [6.07, 6.45) is 1.94. The topological polar surface area (TPSA) is 94.5 Å². The number of nitroso groups, excluding NO2 is 1. The Balaban J connectivity index is 2.28. The van der Waals surface area contributed by atoms with E-state index < -0.39 is 12.0 Å². The molecule has 2 rings (SSSR count). The van der Waals surface area contributed by atoms with Crippen molar-refractivity contribution in [1.82, 2.24) is 10.4 Å². The fraction of sp³-hybridized carbons (Fsp3) is 0.182. The van der Waals surface area contributed by atoms with Crippen LogP contribution in [0, 0.1) is 4.91 Å². The number of nitrogens with one attached hydrogen (secondary N) is 2. The highest BCUT2D eigenvalue weighted by Gasteiger charge is 2.19. The Bertz CT molecular complexity index is 550. The number of benzene rings is 1. The molecule has 0 saturated carbocycles. The van der Waals surface area contributed by atoms with Crippen LogP contribution in [0.1, 0.15) is 5.56 Å². The number of carboxylic acid groups (broad SMARTS) is 1. The highest BCUT2D eigenvalue weighted by atomic mass is 16.4. The molecule has 0 amide bonds. The third-order valence-corrected chi connectivity index (χ3v) is 2.61. The Kier molecular flexibility index (Phi) is 3.04. The molecule has 0 spiro atoms. The lowest BCUT2D eigenvalue weighted by Crippen LogP contribution is -2.34. The summed E-state index contributed by atoms with van der Waals surface area (Å²) in [5, 5.41) is 12.3. The molecule has 2 aromatic rings. The SMILES string of the molecule is O=NNC(Cc1c[nH]c2ccccc12)C(=O)O. The van der Waals surface area contributed by atoms with Crippen LogP contribution in [0.3, 0.4) is 0 Å². The van der Waals surface area contributed by atoms with Crippen molar-refractivity contribution in [3.05, 3.63) is 40.9 Å². The second-order valence-corrected chi connectivity index (χ2v) is 3.67. The minimum atomic E-state index is -1.10. The maximum Gasteiger partial charge on any atom is 0.328 e. The Labute approximate surface area is 96.6 Å². The van der Waals surface area contributed by atoms with Crippen LogP contribution >= 0.6 is 0 Å². The van der Waals surface area contributed by atoms with E-state index in [9.17, 15) is 9.70 Å². The molecule has 1 unspecified atom stereocenters. The molecule has 0 saturated heterocycles. The Hall–Kier alpha value is -2.37. The number of aromatic amines is 1. The predicted molar refractivity (Wildman–Crippen MR) is 62.4 cm³/mol. The first-order chi connectivity index (χ1) is 8.22. The summed E-state index contributed by atoms with van der Waals surface area (Å²) in [4.78, 5) is 24.0. The molecule has 0 bridgehead atoms. The molecule has 0 aliphatic heterocycles. The van der Waals surface area contributed by atoms with Gasteiger partial charge in [-0.1, -0.05) is 18.2 Å². The number of para-hydroxylation sites is 1. The number of hydrogen-bond acceptors (Lipinski definition) is 3. The van der Waals surface area contributed by atoms with Crippen molar-refractivity contribution in [2.75, 3.05) is 0 Å². The van der Waals surface area contributed by atoms with Gasteiger partial charge in [0.25, 0.3) is 0 Å². The van der Waals surface area contributed by atoms with Crippen LogP contribution in [0.25, 0.3) is 10.9 Å². The predicted octanol–water partition coefficient (Wildman–Crippen LogP) is 1.43. The second kappa shape index (κ2) is 4.65. The molecule has 6 heteroatoms. The highest BCUT2D eigenvalue weighted by Crippen LogP contribution is 2.19. The molecular weight excluding hydrogens is 222 g/mol. The third kappa shape index (κ3) is 2.25. The van der Waals surface area contributed by atoms with Crippen LogP contribution < -0.4 is 5.43 Å². The van der Waals surface area contributed by atoms with Gasteiger partial charge >= 0.3 is 5.97 Å². The van der Waals surface area contributed by atoms with Crippen LogP contribution in [0.2, 0.25) is 0 Å². The van der Waals surface area contributed by atoms with Gasteiger partial charge < -0.3 is 10.1 Å². The molecule has 1 aromatic carbocycles. The maximum absolute atomic E-state index is 10.9. The van der Waals surface area contributed by atoms with Crippen LogP contribution in [0.4, 0.5) is 0 Å². The van der Waals surface area contributed by atoms with E-state index in [-0.39, 0.29) is 6.42 Å². The molecule has 88 valence electrons. The zero-order chi connectivity index (χ0) is 12.3. The zero-order valence-corrected chi connectivity index (χ0v) is 8.88. The van der Waals surface area contributed by atoms with Crippen molar-refractivity contribution < 1.29 is 9.90 Å². The van der Waals surface area contributed by atoms with E-state index in [0.29, 0.717) is 0 Å². The lowest BCUT2D eigenvalue weighted by Gasteiger charge is -2.08. The molecule has 0 fully saturated rings. The number of fused-ring (bicyclic) bond motifs is 1. The summed E-state index contributed by atoms with van der Waals surface area (Å²) >= 11 is 0. The summed E-state index contributed by atoms with van der Waals surface area (Å²) in [6.45, 7) is 0. The van der Waals surface area contributed by atoms with E-state index >= 15 is 0 Å². The van der Waals surface area contributed by atoms with Gasteiger partial charge in [0.1, 0.15) is 6.04 Å². The molecule has 1 aromatic heterocycles. The van der Waals surface area contributed by atoms with Crippen LogP contribution in [0.5, 0.6) is 0 Å². The number of H-pyrrole nitrogens is 1. The minimum absolute atomic E-state index is 0.199. The first kappa shape index (κ1) is 11.1. The van der Waals surface area contributed by atoms with Crippen LogP contribution in [-0.2, 0) is 11.2 Å². The number of rotatable bonds is 5. The van der Waals surface area contributed by atoms with E-state index in [2.05, 4.69) is 10.3 Å². The van der Waals surface area contributed by atoms with E-state index in [1.807, 2.05) is 29.7 Å². The summed E-state index contributed by atoms with van der Waals surface area (Å²) < 4.78 is 0. The van der Waals surface area contributed by atoms with Crippen molar-refractivity contribution in [3.63, 3.8) is 0 Å². The van der Waals surface area contributed by atoms with Gasteiger partial charge in [-0.15, -0.1) is 4.91 Å². The lowest BCUT2D eigenvalue weighted by atomic mass is 10.1.